The third kappa shape index (κ3) is 4.25. The monoisotopic (exact) mass is 430 g/mol. The van der Waals surface area contributed by atoms with Crippen molar-refractivity contribution in [3.8, 4) is 21.9 Å². The van der Waals surface area contributed by atoms with Gasteiger partial charge in [0.1, 0.15) is 4.88 Å². The maximum absolute atomic E-state index is 12.5. The lowest BCUT2D eigenvalue weighted by atomic mass is 10.1. The first-order valence-electron chi connectivity index (χ1n) is 8.95. The molecule has 150 valence electrons. The molecule has 0 bridgehead atoms. The van der Waals surface area contributed by atoms with Gasteiger partial charge in [-0.3, -0.25) is 4.79 Å². The number of hydrogen-bond acceptors (Lipinski definition) is 8. The number of ether oxygens (including phenoxy) is 3. The zero-order valence-electron chi connectivity index (χ0n) is 15.8. The van der Waals surface area contributed by atoms with E-state index in [4.69, 9.17) is 14.2 Å². The molecule has 0 unspecified atom stereocenters. The molecular weight excluding hydrogens is 412 g/mol. The third-order valence-electron chi connectivity index (χ3n) is 4.13. The highest BCUT2D eigenvalue weighted by atomic mass is 32.1. The molecule has 29 heavy (non-hydrogen) atoms. The van der Waals surface area contributed by atoms with E-state index in [0.717, 1.165) is 15.4 Å². The van der Waals surface area contributed by atoms with Crippen LogP contribution in [0.3, 0.4) is 0 Å². The molecule has 3 aromatic rings. The number of carbonyl (C=O) groups excluding carboxylic acids is 2. The molecule has 9 heteroatoms. The molecular formula is C20H18N2O5S2. The number of benzene rings is 1. The normalized spacial score (nSPS) is 12.1. The number of esters is 1. The number of fused-ring (bicyclic) bond motifs is 1. The summed E-state index contributed by atoms with van der Waals surface area (Å²) in [5.41, 5.74) is 1.99. The fourth-order valence-corrected chi connectivity index (χ4v) is 4.49. The van der Waals surface area contributed by atoms with Crippen LogP contribution >= 0.6 is 22.7 Å². The number of aryl methyl sites for hydroxylation is 1. The van der Waals surface area contributed by atoms with Crippen molar-refractivity contribution in [1.29, 1.82) is 0 Å². The van der Waals surface area contributed by atoms with Crippen molar-refractivity contribution in [2.75, 3.05) is 18.7 Å². The predicted octanol–water partition coefficient (Wildman–Crippen LogP) is 4.27. The van der Waals surface area contributed by atoms with Gasteiger partial charge >= 0.3 is 5.97 Å². The van der Waals surface area contributed by atoms with Gasteiger partial charge in [-0.05, 0) is 43.7 Å². The van der Waals surface area contributed by atoms with E-state index in [1.54, 1.807) is 13.0 Å². The van der Waals surface area contributed by atoms with Crippen LogP contribution < -0.4 is 14.8 Å². The van der Waals surface area contributed by atoms with Crippen molar-refractivity contribution in [2.24, 2.45) is 0 Å². The van der Waals surface area contributed by atoms with Crippen LogP contribution in [0.5, 0.6) is 11.5 Å². The Balaban J connectivity index is 1.61. The van der Waals surface area contributed by atoms with Crippen molar-refractivity contribution >= 4 is 40.2 Å². The standard InChI is InChI=1S/C20H18N2O5S2/c1-3-25-20(24)19-14(22-18(23)7-13-9-28-11(2)21-13)8-17(29-19)12-4-5-15-16(6-12)27-10-26-15/h4-6,8-9H,3,7,10H2,1-2H3,(H,22,23). The summed E-state index contributed by atoms with van der Waals surface area (Å²) in [5, 5.41) is 5.59. The second-order valence-electron chi connectivity index (χ2n) is 6.22. The van der Waals surface area contributed by atoms with E-state index >= 15 is 0 Å². The summed E-state index contributed by atoms with van der Waals surface area (Å²) in [4.78, 5) is 30.4. The van der Waals surface area contributed by atoms with Crippen molar-refractivity contribution < 1.29 is 23.8 Å². The Morgan fingerprint density at radius 2 is 2.07 bits per heavy atom. The lowest BCUT2D eigenvalue weighted by Crippen LogP contribution is -2.16. The second-order valence-corrected chi connectivity index (χ2v) is 8.34. The van der Waals surface area contributed by atoms with Gasteiger partial charge in [-0.25, -0.2) is 9.78 Å². The van der Waals surface area contributed by atoms with Crippen molar-refractivity contribution in [1.82, 2.24) is 4.98 Å². The van der Waals surface area contributed by atoms with Gasteiger partial charge in [0.05, 0.1) is 29.4 Å². The molecule has 0 fully saturated rings. The van der Waals surface area contributed by atoms with Crippen LogP contribution in [0.1, 0.15) is 27.3 Å². The fourth-order valence-electron chi connectivity index (χ4n) is 2.87. The highest BCUT2D eigenvalue weighted by molar-refractivity contribution is 7.18. The van der Waals surface area contributed by atoms with Gasteiger partial charge in [0.15, 0.2) is 11.5 Å². The van der Waals surface area contributed by atoms with Gasteiger partial charge < -0.3 is 19.5 Å². The number of nitrogens with one attached hydrogen (secondary N) is 1. The fraction of sp³-hybridized carbons (Fsp3) is 0.250. The van der Waals surface area contributed by atoms with E-state index in [-0.39, 0.29) is 25.7 Å². The summed E-state index contributed by atoms with van der Waals surface area (Å²) in [6.45, 7) is 4.07. The van der Waals surface area contributed by atoms with E-state index in [2.05, 4.69) is 10.3 Å². The zero-order valence-corrected chi connectivity index (χ0v) is 17.4. The average molecular weight is 431 g/mol. The number of thiazole rings is 1. The highest BCUT2D eigenvalue weighted by Crippen LogP contribution is 2.40. The number of thiophene rings is 1. The molecule has 0 saturated carbocycles. The molecule has 0 aliphatic carbocycles. The molecule has 1 N–H and O–H groups in total. The Kier molecular flexibility index (Phi) is 5.50. The SMILES string of the molecule is CCOC(=O)c1sc(-c2ccc3c(c2)OCO3)cc1NC(=O)Cc1csc(C)n1. The third-order valence-corrected chi connectivity index (χ3v) is 6.12. The van der Waals surface area contributed by atoms with Gasteiger partial charge in [0, 0.05) is 10.3 Å². The number of amides is 1. The van der Waals surface area contributed by atoms with Crippen LogP contribution in [0.25, 0.3) is 10.4 Å². The first kappa shape index (κ1) is 19.4. The van der Waals surface area contributed by atoms with Gasteiger partial charge in [-0.2, -0.15) is 0 Å². The first-order valence-corrected chi connectivity index (χ1v) is 10.6. The van der Waals surface area contributed by atoms with Crippen LogP contribution in [0.2, 0.25) is 0 Å². The van der Waals surface area contributed by atoms with Crippen molar-refractivity contribution in [3.05, 3.63) is 45.2 Å². The van der Waals surface area contributed by atoms with Crippen LogP contribution in [0.4, 0.5) is 5.69 Å². The van der Waals surface area contributed by atoms with E-state index in [1.165, 1.54) is 22.7 Å². The van der Waals surface area contributed by atoms with E-state index < -0.39 is 5.97 Å². The quantitative estimate of drug-likeness (QED) is 0.588. The molecule has 1 aliphatic heterocycles. The molecule has 1 aliphatic rings. The molecule has 1 aromatic carbocycles. The number of carbonyl (C=O) groups is 2. The topological polar surface area (TPSA) is 86.8 Å². The Bertz CT molecular complexity index is 1070. The molecule has 0 spiro atoms. The molecule has 2 aromatic heterocycles. The van der Waals surface area contributed by atoms with Gasteiger partial charge in [0.2, 0.25) is 12.7 Å². The highest BCUT2D eigenvalue weighted by Gasteiger charge is 2.22. The van der Waals surface area contributed by atoms with Crippen LogP contribution in [0, 0.1) is 6.92 Å². The van der Waals surface area contributed by atoms with Gasteiger partial charge in [-0.1, -0.05) is 0 Å². The van der Waals surface area contributed by atoms with Crippen LogP contribution in [-0.4, -0.2) is 30.3 Å². The molecule has 7 nitrogen and oxygen atoms in total. The first-order chi connectivity index (χ1) is 14.0. The lowest BCUT2D eigenvalue weighted by Gasteiger charge is -2.05. The van der Waals surface area contributed by atoms with Gasteiger partial charge in [0.25, 0.3) is 0 Å². The summed E-state index contributed by atoms with van der Waals surface area (Å²) in [5.74, 6) is 0.626. The van der Waals surface area contributed by atoms with Crippen molar-refractivity contribution in [2.45, 2.75) is 20.3 Å². The number of rotatable bonds is 6. The zero-order chi connectivity index (χ0) is 20.4. The molecule has 3 heterocycles. The maximum Gasteiger partial charge on any atom is 0.350 e. The van der Waals surface area contributed by atoms with E-state index in [9.17, 15) is 9.59 Å². The van der Waals surface area contributed by atoms with E-state index in [0.29, 0.717) is 27.8 Å². The minimum Gasteiger partial charge on any atom is -0.462 e. The molecule has 0 radical (unpaired) electrons. The second kappa shape index (κ2) is 8.22. The Morgan fingerprint density at radius 1 is 1.24 bits per heavy atom. The van der Waals surface area contributed by atoms with Crippen molar-refractivity contribution in [3.63, 3.8) is 0 Å². The minimum atomic E-state index is -0.468. The van der Waals surface area contributed by atoms with E-state index in [1.807, 2.05) is 30.5 Å². The Morgan fingerprint density at radius 3 is 2.83 bits per heavy atom. The summed E-state index contributed by atoms with van der Waals surface area (Å²) in [6, 6.07) is 7.34. The Labute approximate surface area is 175 Å². The minimum absolute atomic E-state index is 0.141. The predicted molar refractivity (Wildman–Crippen MR) is 111 cm³/mol. The smallest absolute Gasteiger partial charge is 0.350 e. The molecule has 0 atom stereocenters. The Hall–Kier alpha value is -2.91. The van der Waals surface area contributed by atoms with Crippen LogP contribution in [0.15, 0.2) is 29.6 Å². The summed E-state index contributed by atoms with van der Waals surface area (Å²) >= 11 is 2.75. The number of aromatic nitrogens is 1. The lowest BCUT2D eigenvalue weighted by molar-refractivity contribution is -0.115. The van der Waals surface area contributed by atoms with Gasteiger partial charge in [-0.15, -0.1) is 22.7 Å². The molecule has 0 saturated heterocycles. The largest absolute Gasteiger partial charge is 0.462 e. The number of anilines is 1. The number of hydrogen-bond donors (Lipinski definition) is 1. The summed E-state index contributed by atoms with van der Waals surface area (Å²) in [6.07, 6.45) is 0.141. The average Bonchev–Trinajstić information content (AvgIpc) is 3.41. The summed E-state index contributed by atoms with van der Waals surface area (Å²) < 4.78 is 15.9. The maximum atomic E-state index is 12.5. The molecule has 4 rings (SSSR count). The molecule has 1 amide bonds. The number of nitrogens with zero attached hydrogens (tertiary/aromatic N) is 1. The summed E-state index contributed by atoms with van der Waals surface area (Å²) in [7, 11) is 0. The van der Waals surface area contributed by atoms with Crippen LogP contribution in [-0.2, 0) is 16.0 Å².